The molecule has 0 amide bonds. The van der Waals surface area contributed by atoms with Crippen LogP contribution in [0.5, 0.6) is 0 Å². The Morgan fingerprint density at radius 2 is 1.86 bits per heavy atom. The van der Waals surface area contributed by atoms with E-state index in [9.17, 15) is 4.79 Å². The van der Waals surface area contributed by atoms with Gasteiger partial charge in [-0.3, -0.25) is 4.79 Å². The molecular weight excluding hydrogens is 172 g/mol. The van der Waals surface area contributed by atoms with Gasteiger partial charge in [0.1, 0.15) is 5.78 Å². The van der Waals surface area contributed by atoms with Gasteiger partial charge in [-0.15, -0.1) is 0 Å². The minimum absolute atomic E-state index is 0.225. The van der Waals surface area contributed by atoms with Gasteiger partial charge in [-0.25, -0.2) is 0 Å². The van der Waals surface area contributed by atoms with Crippen LogP contribution < -0.4 is 0 Å². The Morgan fingerprint density at radius 1 is 1.21 bits per heavy atom. The van der Waals surface area contributed by atoms with Crippen LogP contribution in [-0.4, -0.2) is 5.78 Å². The third kappa shape index (κ3) is 8.37. The van der Waals surface area contributed by atoms with Crippen molar-refractivity contribution in [2.45, 2.75) is 26.7 Å². The fourth-order valence-corrected chi connectivity index (χ4v) is 0.632. The molecule has 0 bridgehead atoms. The van der Waals surface area contributed by atoms with E-state index in [0.29, 0.717) is 12.8 Å². The summed E-state index contributed by atoms with van der Waals surface area (Å²) in [4.78, 5) is 10.8. The molecule has 72 valence electrons. The minimum Gasteiger partial charge on any atom is -0.299 e. The minimum atomic E-state index is 0.225. The van der Waals surface area contributed by atoms with Crippen molar-refractivity contribution in [1.82, 2.24) is 0 Å². The predicted octanol–water partition coefficient (Wildman–Crippen LogP) is 2.49. The van der Waals surface area contributed by atoms with Crippen molar-refractivity contribution in [3.05, 3.63) is 24.3 Å². The normalized spacial score (nSPS) is 9.29. The highest BCUT2D eigenvalue weighted by Gasteiger charge is 1.90. The molecule has 0 spiro atoms. The highest BCUT2D eigenvalue weighted by atomic mass is 16.1. The number of ketones is 1. The van der Waals surface area contributed by atoms with Crippen molar-refractivity contribution >= 4 is 5.78 Å². The number of hydrogen-bond donors (Lipinski definition) is 0. The van der Waals surface area contributed by atoms with Crippen molar-refractivity contribution in [2.24, 2.45) is 0 Å². The van der Waals surface area contributed by atoms with Gasteiger partial charge in [0, 0.05) is 12.8 Å². The van der Waals surface area contributed by atoms with Gasteiger partial charge >= 0.3 is 0 Å². The van der Waals surface area contributed by atoms with Gasteiger partial charge in [0.05, 0.1) is 0 Å². The molecule has 0 aromatic heterocycles. The van der Waals surface area contributed by atoms with Crippen LogP contribution in [0.25, 0.3) is 0 Å². The number of rotatable bonds is 3. The summed E-state index contributed by atoms with van der Waals surface area (Å²) in [5.74, 6) is 11.0. The molecule has 0 aliphatic carbocycles. The van der Waals surface area contributed by atoms with E-state index in [2.05, 4.69) is 23.7 Å². The molecule has 0 rings (SSSR count). The maximum Gasteiger partial charge on any atom is 0.136 e. The summed E-state index contributed by atoms with van der Waals surface area (Å²) in [5, 5.41) is 0. The van der Waals surface area contributed by atoms with Crippen LogP contribution in [0.3, 0.4) is 0 Å². The Hall–Kier alpha value is -1.73. The SMILES string of the molecule is CC=CC#CC#CC=CCC(=O)CC. The Labute approximate surface area is 85.9 Å². The van der Waals surface area contributed by atoms with Crippen LogP contribution in [0.15, 0.2) is 24.3 Å². The molecule has 1 nitrogen and oxygen atoms in total. The maximum atomic E-state index is 10.8. The Bertz CT molecular complexity index is 337. The zero-order chi connectivity index (χ0) is 10.6. The second kappa shape index (κ2) is 9.36. The monoisotopic (exact) mass is 186 g/mol. The molecule has 0 aliphatic rings. The quantitative estimate of drug-likeness (QED) is 0.619. The van der Waals surface area contributed by atoms with E-state index in [1.807, 2.05) is 19.9 Å². The van der Waals surface area contributed by atoms with Gasteiger partial charge in [-0.1, -0.05) is 30.9 Å². The van der Waals surface area contributed by atoms with Crippen LogP contribution >= 0.6 is 0 Å². The smallest absolute Gasteiger partial charge is 0.136 e. The predicted molar refractivity (Wildman–Crippen MR) is 59.4 cm³/mol. The lowest BCUT2D eigenvalue weighted by Crippen LogP contribution is -1.90. The van der Waals surface area contributed by atoms with Crippen molar-refractivity contribution in [3.8, 4) is 23.7 Å². The second-order valence-electron chi connectivity index (χ2n) is 2.54. The molecule has 0 N–H and O–H groups in total. The van der Waals surface area contributed by atoms with Crippen LogP contribution in [0, 0.1) is 23.7 Å². The number of Topliss-reactive ketones (excluding diaryl/α,β-unsaturated/α-hetero) is 1. The highest BCUT2D eigenvalue weighted by Crippen LogP contribution is 1.89. The summed E-state index contributed by atoms with van der Waals surface area (Å²) in [6.45, 7) is 3.75. The first-order valence-corrected chi connectivity index (χ1v) is 4.60. The first-order valence-electron chi connectivity index (χ1n) is 4.60. The van der Waals surface area contributed by atoms with Gasteiger partial charge < -0.3 is 0 Å². The van der Waals surface area contributed by atoms with Crippen LogP contribution in [-0.2, 0) is 4.79 Å². The summed E-state index contributed by atoms with van der Waals surface area (Å²) in [7, 11) is 0. The molecule has 0 fully saturated rings. The topological polar surface area (TPSA) is 17.1 Å². The van der Waals surface area contributed by atoms with Gasteiger partial charge in [-0.2, -0.15) is 0 Å². The molecule has 0 saturated carbocycles. The van der Waals surface area contributed by atoms with Gasteiger partial charge in [0.25, 0.3) is 0 Å². The van der Waals surface area contributed by atoms with Gasteiger partial charge in [-0.05, 0) is 30.9 Å². The van der Waals surface area contributed by atoms with E-state index in [0.717, 1.165) is 0 Å². The zero-order valence-corrected chi connectivity index (χ0v) is 8.63. The summed E-state index contributed by atoms with van der Waals surface area (Å²) >= 11 is 0. The van der Waals surface area contributed by atoms with Crippen molar-refractivity contribution in [3.63, 3.8) is 0 Å². The lowest BCUT2D eigenvalue weighted by atomic mass is 10.2. The molecule has 1 heteroatoms. The molecule has 0 heterocycles. The third-order valence-corrected chi connectivity index (χ3v) is 1.40. The summed E-state index contributed by atoms with van der Waals surface area (Å²) < 4.78 is 0. The van der Waals surface area contributed by atoms with Crippen molar-refractivity contribution < 1.29 is 4.79 Å². The fraction of sp³-hybridized carbons (Fsp3) is 0.308. The standard InChI is InChI=1S/C13H14O/c1-3-5-6-7-8-9-10-11-12-13(14)4-2/h3,5,10-11H,4,12H2,1-2H3. The van der Waals surface area contributed by atoms with E-state index in [1.165, 1.54) is 0 Å². The van der Waals surface area contributed by atoms with E-state index < -0.39 is 0 Å². The van der Waals surface area contributed by atoms with Crippen LogP contribution in [0.2, 0.25) is 0 Å². The first-order chi connectivity index (χ1) is 6.81. The second-order valence-corrected chi connectivity index (χ2v) is 2.54. The zero-order valence-electron chi connectivity index (χ0n) is 8.63. The van der Waals surface area contributed by atoms with E-state index in [4.69, 9.17) is 0 Å². The summed E-state index contributed by atoms with van der Waals surface area (Å²) in [6, 6.07) is 0. The lowest BCUT2D eigenvalue weighted by molar-refractivity contribution is -0.117. The fourth-order valence-electron chi connectivity index (χ4n) is 0.632. The Balaban J connectivity index is 3.82. The van der Waals surface area contributed by atoms with Gasteiger partial charge in [0.2, 0.25) is 0 Å². The molecule has 0 aromatic rings. The molecule has 0 aromatic carbocycles. The largest absolute Gasteiger partial charge is 0.299 e. The number of hydrogen-bond acceptors (Lipinski definition) is 1. The van der Waals surface area contributed by atoms with Crippen molar-refractivity contribution in [2.75, 3.05) is 0 Å². The maximum absolute atomic E-state index is 10.8. The number of carbonyl (C=O) groups is 1. The Kier molecular flexibility index (Phi) is 8.20. The van der Waals surface area contributed by atoms with Crippen LogP contribution in [0.4, 0.5) is 0 Å². The molecule has 14 heavy (non-hydrogen) atoms. The molecule has 0 aliphatic heterocycles. The molecule has 0 saturated heterocycles. The van der Waals surface area contributed by atoms with Crippen LogP contribution in [0.1, 0.15) is 26.7 Å². The number of carbonyl (C=O) groups excluding carboxylic acids is 1. The highest BCUT2D eigenvalue weighted by molar-refractivity contribution is 5.79. The first kappa shape index (κ1) is 12.3. The number of allylic oxidation sites excluding steroid dienone is 4. The molecule has 0 atom stereocenters. The Morgan fingerprint density at radius 3 is 2.43 bits per heavy atom. The molecular formula is C13H14O. The van der Waals surface area contributed by atoms with E-state index in [-0.39, 0.29) is 5.78 Å². The average molecular weight is 186 g/mol. The molecule has 0 radical (unpaired) electrons. The summed E-state index contributed by atoms with van der Waals surface area (Å²) in [5.41, 5.74) is 0. The van der Waals surface area contributed by atoms with E-state index in [1.54, 1.807) is 18.2 Å². The van der Waals surface area contributed by atoms with Gasteiger partial charge in [0.15, 0.2) is 0 Å². The lowest BCUT2D eigenvalue weighted by Gasteiger charge is -1.85. The molecule has 0 unspecified atom stereocenters. The summed E-state index contributed by atoms with van der Waals surface area (Å²) in [6.07, 6.45) is 8.06. The average Bonchev–Trinajstić information content (AvgIpc) is 2.21. The third-order valence-electron chi connectivity index (χ3n) is 1.40. The van der Waals surface area contributed by atoms with E-state index >= 15 is 0 Å². The van der Waals surface area contributed by atoms with Crippen molar-refractivity contribution in [1.29, 1.82) is 0 Å².